The topological polar surface area (TPSA) is 33.7 Å². The van der Waals surface area contributed by atoms with E-state index in [9.17, 15) is 0 Å². The number of nitrogens with one attached hydrogen (secondary N) is 1. The van der Waals surface area contributed by atoms with Crippen molar-refractivity contribution in [1.82, 2.24) is 10.2 Å². The normalized spacial score (nSPS) is 20.7. The van der Waals surface area contributed by atoms with Crippen LogP contribution >= 0.6 is 0 Å². The number of hydrogen-bond donors (Lipinski definition) is 1. The van der Waals surface area contributed by atoms with Gasteiger partial charge in [-0.05, 0) is 63.0 Å². The predicted molar refractivity (Wildman–Crippen MR) is 83.8 cm³/mol. The van der Waals surface area contributed by atoms with Gasteiger partial charge in [0.2, 0.25) is 6.79 Å². The molecule has 0 radical (unpaired) electrons. The first-order chi connectivity index (χ1) is 10.2. The summed E-state index contributed by atoms with van der Waals surface area (Å²) >= 11 is 0. The molecule has 0 saturated carbocycles. The van der Waals surface area contributed by atoms with Crippen LogP contribution in [0.15, 0.2) is 18.2 Å². The molecular formula is C17H26N2O2. The zero-order valence-electron chi connectivity index (χ0n) is 13.1. The Morgan fingerprint density at radius 3 is 2.71 bits per heavy atom. The van der Waals surface area contributed by atoms with Gasteiger partial charge in [-0.25, -0.2) is 0 Å². The summed E-state index contributed by atoms with van der Waals surface area (Å²) in [5.74, 6) is 2.40. The number of hydrogen-bond acceptors (Lipinski definition) is 4. The third-order valence-corrected chi connectivity index (χ3v) is 4.44. The van der Waals surface area contributed by atoms with Gasteiger partial charge in [0.1, 0.15) is 0 Å². The van der Waals surface area contributed by atoms with Crippen molar-refractivity contribution in [1.29, 1.82) is 0 Å². The highest BCUT2D eigenvalue weighted by molar-refractivity contribution is 5.45. The summed E-state index contributed by atoms with van der Waals surface area (Å²) in [6.07, 6.45) is 2.74. The minimum absolute atomic E-state index is 0.334. The lowest BCUT2D eigenvalue weighted by Gasteiger charge is -2.22. The van der Waals surface area contributed by atoms with Crippen molar-refractivity contribution in [2.45, 2.75) is 32.7 Å². The summed E-state index contributed by atoms with van der Waals surface area (Å²) in [5.41, 5.74) is 1.26. The monoisotopic (exact) mass is 290 g/mol. The van der Waals surface area contributed by atoms with Crippen molar-refractivity contribution < 1.29 is 9.47 Å². The average Bonchev–Trinajstić information content (AvgIpc) is 3.14. The van der Waals surface area contributed by atoms with Crippen LogP contribution in [0.4, 0.5) is 0 Å². The molecule has 116 valence electrons. The van der Waals surface area contributed by atoms with E-state index < -0.39 is 0 Å². The van der Waals surface area contributed by atoms with E-state index in [0.717, 1.165) is 18.0 Å². The van der Waals surface area contributed by atoms with Crippen molar-refractivity contribution in [2.24, 2.45) is 5.92 Å². The number of ether oxygens (including phenoxy) is 2. The largest absolute Gasteiger partial charge is 0.454 e. The van der Waals surface area contributed by atoms with Gasteiger partial charge in [-0.1, -0.05) is 13.0 Å². The summed E-state index contributed by atoms with van der Waals surface area (Å²) < 4.78 is 10.8. The summed E-state index contributed by atoms with van der Waals surface area (Å²) in [6.45, 7) is 9.70. The Bertz CT molecular complexity index is 472. The Balaban J connectivity index is 1.48. The molecule has 1 aromatic carbocycles. The molecule has 2 atom stereocenters. The molecule has 2 unspecified atom stereocenters. The van der Waals surface area contributed by atoms with Crippen molar-refractivity contribution >= 4 is 0 Å². The molecule has 4 nitrogen and oxygen atoms in total. The van der Waals surface area contributed by atoms with Crippen LogP contribution in [-0.4, -0.2) is 37.9 Å². The molecule has 0 aromatic heterocycles. The molecule has 0 bridgehead atoms. The molecule has 4 heteroatoms. The molecule has 1 fully saturated rings. The first kappa shape index (κ1) is 14.7. The Hall–Kier alpha value is -1.26. The maximum absolute atomic E-state index is 5.45. The van der Waals surface area contributed by atoms with Crippen molar-refractivity contribution in [2.75, 3.05) is 33.0 Å². The Morgan fingerprint density at radius 2 is 1.90 bits per heavy atom. The second-order valence-corrected chi connectivity index (χ2v) is 6.36. The standard InChI is InChI=1S/C17H26N2O2/c1-13(11-19-7-3-4-8-19)10-18-14(2)15-5-6-16-17(9-15)21-12-20-16/h5-6,9,13-14,18H,3-4,7-8,10-12H2,1-2H3. The Morgan fingerprint density at radius 1 is 1.14 bits per heavy atom. The van der Waals surface area contributed by atoms with E-state index in [-0.39, 0.29) is 0 Å². The van der Waals surface area contributed by atoms with Crippen LogP contribution in [0.1, 0.15) is 38.3 Å². The summed E-state index contributed by atoms with van der Waals surface area (Å²) in [6, 6.07) is 6.55. The van der Waals surface area contributed by atoms with Gasteiger partial charge >= 0.3 is 0 Å². The molecular weight excluding hydrogens is 264 g/mol. The third-order valence-electron chi connectivity index (χ3n) is 4.44. The van der Waals surface area contributed by atoms with Crippen LogP contribution in [0.5, 0.6) is 11.5 Å². The van der Waals surface area contributed by atoms with E-state index in [4.69, 9.17) is 9.47 Å². The summed E-state index contributed by atoms with van der Waals surface area (Å²) in [5, 5.41) is 3.64. The van der Waals surface area contributed by atoms with Gasteiger partial charge in [-0.2, -0.15) is 0 Å². The van der Waals surface area contributed by atoms with E-state index in [1.54, 1.807) is 0 Å². The van der Waals surface area contributed by atoms with E-state index in [1.165, 1.54) is 38.0 Å². The number of fused-ring (bicyclic) bond motifs is 1. The number of rotatable bonds is 6. The van der Waals surface area contributed by atoms with E-state index in [0.29, 0.717) is 18.8 Å². The molecule has 21 heavy (non-hydrogen) atoms. The minimum atomic E-state index is 0.334. The van der Waals surface area contributed by atoms with Crippen LogP contribution in [0.25, 0.3) is 0 Å². The van der Waals surface area contributed by atoms with E-state index in [2.05, 4.69) is 36.2 Å². The fourth-order valence-electron chi connectivity index (χ4n) is 3.15. The highest BCUT2D eigenvalue weighted by Crippen LogP contribution is 2.34. The highest BCUT2D eigenvalue weighted by Gasteiger charge is 2.17. The van der Waals surface area contributed by atoms with Gasteiger partial charge in [0.15, 0.2) is 11.5 Å². The molecule has 1 saturated heterocycles. The second kappa shape index (κ2) is 6.67. The zero-order chi connectivity index (χ0) is 14.7. The van der Waals surface area contributed by atoms with Crippen molar-refractivity contribution in [3.05, 3.63) is 23.8 Å². The SMILES string of the molecule is CC(CNC(C)c1ccc2c(c1)OCO2)CN1CCCC1. The fraction of sp³-hybridized carbons (Fsp3) is 0.647. The summed E-state index contributed by atoms with van der Waals surface area (Å²) in [4.78, 5) is 2.58. The van der Waals surface area contributed by atoms with Crippen LogP contribution in [0.3, 0.4) is 0 Å². The quantitative estimate of drug-likeness (QED) is 0.873. The molecule has 0 aliphatic carbocycles. The number of likely N-dealkylation sites (tertiary alicyclic amines) is 1. The maximum atomic E-state index is 5.45. The smallest absolute Gasteiger partial charge is 0.231 e. The average molecular weight is 290 g/mol. The molecule has 0 spiro atoms. The molecule has 2 aliphatic rings. The Labute approximate surface area is 127 Å². The molecule has 1 aromatic rings. The van der Waals surface area contributed by atoms with Crippen molar-refractivity contribution in [3.8, 4) is 11.5 Å². The second-order valence-electron chi connectivity index (χ2n) is 6.36. The zero-order valence-corrected chi connectivity index (χ0v) is 13.1. The first-order valence-corrected chi connectivity index (χ1v) is 8.07. The van der Waals surface area contributed by atoms with Crippen LogP contribution in [0, 0.1) is 5.92 Å². The van der Waals surface area contributed by atoms with Gasteiger partial charge in [0.05, 0.1) is 0 Å². The summed E-state index contributed by atoms with van der Waals surface area (Å²) in [7, 11) is 0. The maximum Gasteiger partial charge on any atom is 0.231 e. The van der Waals surface area contributed by atoms with Gasteiger partial charge in [0.25, 0.3) is 0 Å². The molecule has 1 N–H and O–H groups in total. The lowest BCUT2D eigenvalue weighted by atomic mass is 10.1. The predicted octanol–water partition coefficient (Wildman–Crippen LogP) is 2.80. The Kier molecular flexibility index (Phi) is 4.66. The van der Waals surface area contributed by atoms with Gasteiger partial charge < -0.3 is 19.7 Å². The molecule has 3 rings (SSSR count). The molecule has 2 heterocycles. The third kappa shape index (κ3) is 3.69. The van der Waals surface area contributed by atoms with E-state index in [1.807, 2.05) is 6.07 Å². The van der Waals surface area contributed by atoms with E-state index >= 15 is 0 Å². The van der Waals surface area contributed by atoms with Crippen LogP contribution < -0.4 is 14.8 Å². The number of benzene rings is 1. The minimum Gasteiger partial charge on any atom is -0.454 e. The number of nitrogens with zero attached hydrogens (tertiary/aromatic N) is 1. The first-order valence-electron chi connectivity index (χ1n) is 8.07. The lowest BCUT2D eigenvalue weighted by Crippen LogP contribution is -2.32. The molecule has 0 amide bonds. The van der Waals surface area contributed by atoms with Crippen LogP contribution in [0.2, 0.25) is 0 Å². The van der Waals surface area contributed by atoms with Gasteiger partial charge in [-0.15, -0.1) is 0 Å². The molecule has 2 aliphatic heterocycles. The van der Waals surface area contributed by atoms with Crippen molar-refractivity contribution in [3.63, 3.8) is 0 Å². The highest BCUT2D eigenvalue weighted by atomic mass is 16.7. The van der Waals surface area contributed by atoms with Crippen LogP contribution in [-0.2, 0) is 0 Å². The lowest BCUT2D eigenvalue weighted by molar-refractivity contribution is 0.174. The fourth-order valence-corrected chi connectivity index (χ4v) is 3.15. The van der Waals surface area contributed by atoms with Gasteiger partial charge in [0, 0.05) is 12.6 Å². The van der Waals surface area contributed by atoms with Gasteiger partial charge in [-0.3, -0.25) is 0 Å².